The van der Waals surface area contributed by atoms with Crippen LogP contribution in [0, 0.1) is 116 Å². The van der Waals surface area contributed by atoms with E-state index in [1.165, 1.54) is 5.56 Å². The molecule has 0 saturated heterocycles. The van der Waals surface area contributed by atoms with Crippen LogP contribution < -0.4 is 31.2 Å². The van der Waals surface area contributed by atoms with Crippen LogP contribution in [0.5, 0.6) is 11.6 Å². The summed E-state index contributed by atoms with van der Waals surface area (Å²) in [4.78, 5) is 4.13. The molecule has 0 N–H and O–H groups in total. The summed E-state index contributed by atoms with van der Waals surface area (Å²) in [6.45, 7) is 0.721. The molecule has 25 heteroatoms. The third-order valence-electron chi connectivity index (χ3n) is 9.72. The average molecular weight is 977 g/mol. The van der Waals surface area contributed by atoms with Crippen LogP contribution in [0.3, 0.4) is 0 Å². The van der Waals surface area contributed by atoms with E-state index in [4.69, 9.17) is 16.3 Å². The maximum Gasteiger partial charge on any atom is 0.392 e. The molecule has 7 rings (SSSR count). The lowest BCUT2D eigenvalue weighted by molar-refractivity contribution is -0.692. The van der Waals surface area contributed by atoms with Crippen LogP contribution in [0.15, 0.2) is 73.2 Å². The Morgan fingerprint density at radius 1 is 0.424 bits per heavy atom. The van der Waals surface area contributed by atoms with Crippen LogP contribution in [-0.4, -0.2) is 11.1 Å². The van der Waals surface area contributed by atoms with Crippen molar-refractivity contribution in [3.8, 4) is 11.6 Å². The van der Waals surface area contributed by atoms with Gasteiger partial charge in [0.25, 0.3) is 0 Å². The lowest BCUT2D eigenvalue weighted by atomic mass is 9.12. The summed E-state index contributed by atoms with van der Waals surface area (Å²) in [6, 6.07) is 17.5. The predicted octanol–water partition coefficient (Wildman–Crippen LogP) is 9.71. The van der Waals surface area contributed by atoms with E-state index in [0.29, 0.717) is 16.7 Å². The highest BCUT2D eigenvalue weighted by Crippen LogP contribution is 2.31. The molecule has 1 aromatic heterocycles. The first-order valence-corrected chi connectivity index (χ1v) is 17.9. The predicted molar refractivity (Wildman–Crippen MR) is 191 cm³/mol. The summed E-state index contributed by atoms with van der Waals surface area (Å²) in [5.74, 6) is -70.0. The number of ether oxygens (including phenoxy) is 1. The molecule has 0 bridgehead atoms. The largest absolute Gasteiger partial charge is 0.404 e. The van der Waals surface area contributed by atoms with Gasteiger partial charge in [-0.05, 0) is 18.2 Å². The van der Waals surface area contributed by atoms with Gasteiger partial charge in [-0.15, -0.1) is 21.9 Å². The standard InChI is InChI=1S/C24BF20.C17H14ClN2O/c26-5-1(6(27)14(35)21(42)13(5)34)25(2-7(28)15(36)22(43)16(37)8(2)29,3-9(30)17(38)23(44)18(39)10(3)31)4-11(32)19(40)24(45)20(41)12(4)33;18-15-7-4-8-16(11-15)21-17-12-19-9-10-20(17)13-14-5-2-1-3-6-14/h;1-12H,13H2/q-1;+1. The molecule has 3 nitrogen and oxygen atoms in total. The number of hydrogen-bond donors (Lipinski definition) is 0. The van der Waals surface area contributed by atoms with Crippen LogP contribution in [0.1, 0.15) is 5.56 Å². The number of benzene rings is 6. The van der Waals surface area contributed by atoms with Crippen molar-refractivity contribution < 1.29 is 97.1 Å². The van der Waals surface area contributed by atoms with E-state index in [0.717, 1.165) is 6.54 Å². The molecule has 0 unspecified atom stereocenters. The number of aromatic nitrogens is 2. The first-order chi connectivity index (χ1) is 31.0. The number of hydrogen-bond acceptors (Lipinski definition) is 2. The molecular weight excluding hydrogens is 963 g/mol. The van der Waals surface area contributed by atoms with Crippen molar-refractivity contribution in [2.45, 2.75) is 6.54 Å². The van der Waals surface area contributed by atoms with E-state index < -0.39 is 144 Å². The van der Waals surface area contributed by atoms with Crippen molar-refractivity contribution >= 4 is 39.6 Å². The first kappa shape index (κ1) is 48.6. The van der Waals surface area contributed by atoms with E-state index in [9.17, 15) is 52.7 Å². The monoisotopic (exact) mass is 976 g/mol. The molecule has 0 spiro atoms. The zero-order chi connectivity index (χ0) is 48.8. The van der Waals surface area contributed by atoms with Gasteiger partial charge in [0, 0.05) is 10.6 Å². The first-order valence-electron chi connectivity index (χ1n) is 17.6. The third kappa shape index (κ3) is 7.99. The van der Waals surface area contributed by atoms with Crippen LogP contribution >= 0.6 is 11.6 Å². The highest BCUT2D eigenvalue weighted by atomic mass is 35.5. The molecule has 0 aliphatic rings. The van der Waals surface area contributed by atoms with Crippen molar-refractivity contribution in [3.05, 3.63) is 200 Å². The Kier molecular flexibility index (Phi) is 13.7. The molecule has 1 heterocycles. The quantitative estimate of drug-likeness (QED) is 0.0499. The molecule has 7 aromatic rings. The Hall–Kier alpha value is -6.85. The van der Waals surface area contributed by atoms with Crippen molar-refractivity contribution in [2.75, 3.05) is 0 Å². The maximum absolute atomic E-state index is 15.4. The van der Waals surface area contributed by atoms with Crippen LogP contribution in [-0.2, 0) is 6.54 Å². The second-order valence-corrected chi connectivity index (χ2v) is 13.8. The van der Waals surface area contributed by atoms with Gasteiger partial charge >= 0.3 is 5.88 Å². The Morgan fingerprint density at radius 3 is 1.09 bits per heavy atom. The average Bonchev–Trinajstić information content (AvgIpc) is 3.30. The minimum atomic E-state index is -7.22. The summed E-state index contributed by atoms with van der Waals surface area (Å²) in [5, 5.41) is 0.644. The molecule has 344 valence electrons. The number of rotatable bonds is 8. The second kappa shape index (κ2) is 18.6. The van der Waals surface area contributed by atoms with Gasteiger partial charge in [-0.25, -0.2) is 92.8 Å². The molecule has 0 amide bonds. The van der Waals surface area contributed by atoms with Gasteiger partial charge in [0.1, 0.15) is 64.6 Å². The fourth-order valence-corrected chi connectivity index (χ4v) is 7.07. The van der Waals surface area contributed by atoms with Gasteiger partial charge in [0.05, 0.1) is 6.20 Å². The summed E-state index contributed by atoms with van der Waals surface area (Å²) >= 11 is 5.98. The molecule has 6 aromatic carbocycles. The van der Waals surface area contributed by atoms with Crippen LogP contribution in [0.25, 0.3) is 0 Å². The van der Waals surface area contributed by atoms with Crippen molar-refractivity contribution in [3.63, 3.8) is 0 Å². The number of halogens is 21. The van der Waals surface area contributed by atoms with Crippen molar-refractivity contribution in [1.29, 1.82) is 0 Å². The van der Waals surface area contributed by atoms with E-state index in [1.54, 1.807) is 18.5 Å². The molecule has 0 fully saturated rings. The smallest absolute Gasteiger partial charge is 0.392 e. The van der Waals surface area contributed by atoms with E-state index in [2.05, 4.69) is 17.1 Å². The van der Waals surface area contributed by atoms with Crippen molar-refractivity contribution in [2.24, 2.45) is 0 Å². The van der Waals surface area contributed by atoms with Gasteiger partial charge in [0.2, 0.25) is 0 Å². The van der Waals surface area contributed by atoms with Gasteiger partial charge in [-0.3, -0.25) is 0 Å². The Bertz CT molecular complexity index is 2690. The molecule has 66 heavy (non-hydrogen) atoms. The van der Waals surface area contributed by atoms with Gasteiger partial charge in [0.15, 0.2) is 82.5 Å². The van der Waals surface area contributed by atoms with E-state index >= 15 is 35.1 Å². The SMILES string of the molecule is Clc1cccc(Oc2cncc[n+]2Cc2ccccc2)c1.Fc1c(F)c(F)c([B-](c2c(F)c(F)c(F)c(F)c2F)(c2c(F)c(F)c(F)c(F)c2F)c2c(F)c(F)c(F)c(F)c2F)c(F)c1F. The van der Waals surface area contributed by atoms with Gasteiger partial charge in [-0.2, -0.15) is 4.57 Å². The topological polar surface area (TPSA) is 26.0 Å². The lowest BCUT2D eigenvalue weighted by Crippen LogP contribution is -2.81. The molecule has 0 aliphatic carbocycles. The molecular formula is C41H14BClF20N2O. The summed E-state index contributed by atoms with van der Waals surface area (Å²) in [7, 11) is 0. The fraction of sp³-hybridized carbons (Fsp3) is 0.0244. The van der Waals surface area contributed by atoms with Crippen LogP contribution in [0.4, 0.5) is 87.8 Å². The highest BCUT2D eigenvalue weighted by Gasteiger charge is 2.52. The normalized spacial score (nSPS) is 11.5. The summed E-state index contributed by atoms with van der Waals surface area (Å²) in [6.07, 6.45) is -1.88. The molecule has 0 atom stereocenters. The Balaban J connectivity index is 0.000000284. The molecule has 0 saturated carbocycles. The minimum Gasteiger partial charge on any atom is -0.404 e. The Morgan fingerprint density at radius 2 is 0.758 bits per heavy atom. The lowest BCUT2D eigenvalue weighted by Gasteiger charge is -2.44. The minimum absolute atomic E-state index is 0.644. The summed E-state index contributed by atoms with van der Waals surface area (Å²) in [5.41, 5.74) is -13.1. The zero-order valence-electron chi connectivity index (χ0n) is 31.5. The van der Waals surface area contributed by atoms with Gasteiger partial charge < -0.3 is 4.74 Å². The second-order valence-electron chi connectivity index (χ2n) is 13.4. The summed E-state index contributed by atoms with van der Waals surface area (Å²) < 4.78 is 302. The Labute approximate surface area is 359 Å². The fourth-order valence-electron chi connectivity index (χ4n) is 6.89. The highest BCUT2D eigenvalue weighted by molar-refractivity contribution is 7.20. The maximum atomic E-state index is 15.4. The third-order valence-corrected chi connectivity index (χ3v) is 9.96. The van der Waals surface area contributed by atoms with E-state index in [1.807, 2.05) is 47.2 Å². The van der Waals surface area contributed by atoms with E-state index in [-0.39, 0.29) is 0 Å². The number of nitrogens with zero attached hydrogens (tertiary/aromatic N) is 2. The van der Waals surface area contributed by atoms with Gasteiger partial charge in [-0.1, -0.05) is 48.0 Å². The van der Waals surface area contributed by atoms with Crippen LogP contribution in [0.2, 0.25) is 5.02 Å². The zero-order valence-corrected chi connectivity index (χ0v) is 32.2. The molecule has 0 radical (unpaired) electrons. The van der Waals surface area contributed by atoms with Crippen molar-refractivity contribution in [1.82, 2.24) is 4.98 Å². The molecule has 0 aliphatic heterocycles.